The van der Waals surface area contributed by atoms with E-state index in [-0.39, 0.29) is 12.3 Å². The van der Waals surface area contributed by atoms with E-state index in [1.807, 2.05) is 6.92 Å². The van der Waals surface area contributed by atoms with Gasteiger partial charge in [0.15, 0.2) is 5.75 Å². The zero-order valence-electron chi connectivity index (χ0n) is 16.5. The van der Waals surface area contributed by atoms with Crippen LogP contribution in [0.2, 0.25) is 10.0 Å². The third-order valence-corrected chi connectivity index (χ3v) is 5.70. The van der Waals surface area contributed by atoms with Crippen molar-refractivity contribution in [3.8, 4) is 5.75 Å². The second kappa shape index (κ2) is 8.86. The number of carbonyl (C=O) groups is 1. The molecular weight excluding hydrogens is 439 g/mol. The zero-order chi connectivity index (χ0) is 22.1. The van der Waals surface area contributed by atoms with Crippen molar-refractivity contribution in [3.63, 3.8) is 0 Å². The Balaban J connectivity index is 1.53. The van der Waals surface area contributed by atoms with Gasteiger partial charge in [0.2, 0.25) is 0 Å². The van der Waals surface area contributed by atoms with Crippen LogP contribution in [0, 0.1) is 6.92 Å². The monoisotopic (exact) mass is 458 g/mol. The molecule has 1 aliphatic rings. The predicted octanol–water partition coefficient (Wildman–Crippen LogP) is 4.95. The topological polar surface area (TPSA) is 82.0 Å². The molecular formula is C23H20Cl2N2O4. The normalized spacial score (nSPS) is 18.0. The molecule has 0 aromatic heterocycles. The fourth-order valence-corrected chi connectivity index (χ4v) is 4.02. The molecule has 1 heterocycles. The number of aliphatic hydroxyl groups is 2. The lowest BCUT2D eigenvalue weighted by Crippen LogP contribution is -2.34. The van der Waals surface area contributed by atoms with Crippen molar-refractivity contribution in [2.75, 3.05) is 11.9 Å². The summed E-state index contributed by atoms with van der Waals surface area (Å²) in [6.45, 7) is 1.59. The quantitative estimate of drug-likeness (QED) is 0.370. The third kappa shape index (κ3) is 4.39. The van der Waals surface area contributed by atoms with Crippen LogP contribution in [0.25, 0.3) is 0 Å². The van der Waals surface area contributed by atoms with Crippen molar-refractivity contribution in [1.82, 2.24) is 4.90 Å². The zero-order valence-corrected chi connectivity index (χ0v) is 18.1. The van der Waals surface area contributed by atoms with Crippen LogP contribution >= 0.6 is 23.2 Å². The van der Waals surface area contributed by atoms with E-state index in [9.17, 15) is 15.0 Å². The summed E-state index contributed by atoms with van der Waals surface area (Å²) in [5.74, 6) is -0.365. The Hall–Kier alpha value is -2.61. The summed E-state index contributed by atoms with van der Waals surface area (Å²) in [7, 11) is 0. The molecule has 0 amide bonds. The largest absolute Gasteiger partial charge is 0.423 e. The molecule has 3 N–H and O–H groups in total. The molecule has 8 heteroatoms. The minimum absolute atomic E-state index is 0.271. The second-order valence-electron chi connectivity index (χ2n) is 7.24. The first-order chi connectivity index (χ1) is 14.8. The highest BCUT2D eigenvalue weighted by molar-refractivity contribution is 6.39. The Kier molecular flexibility index (Phi) is 6.18. The number of aryl methyl sites for hydroxylation is 1. The first-order valence-corrected chi connectivity index (χ1v) is 10.3. The van der Waals surface area contributed by atoms with Crippen LogP contribution in [0.4, 0.5) is 11.4 Å². The summed E-state index contributed by atoms with van der Waals surface area (Å²) in [5, 5.41) is 25.0. The van der Waals surface area contributed by atoms with Gasteiger partial charge in [0.25, 0.3) is 0 Å². The molecule has 3 aromatic rings. The van der Waals surface area contributed by atoms with E-state index in [2.05, 4.69) is 5.32 Å². The number of rotatable bonds is 5. The summed E-state index contributed by atoms with van der Waals surface area (Å²) in [6, 6.07) is 17.4. The lowest BCUT2D eigenvalue weighted by Gasteiger charge is -2.23. The van der Waals surface area contributed by atoms with E-state index >= 15 is 0 Å². The van der Waals surface area contributed by atoms with Gasteiger partial charge in [-0.3, -0.25) is 4.79 Å². The maximum atomic E-state index is 12.7. The lowest BCUT2D eigenvalue weighted by molar-refractivity contribution is -0.146. The van der Waals surface area contributed by atoms with Gasteiger partial charge in [-0.15, -0.1) is 0 Å². The maximum absolute atomic E-state index is 12.7. The van der Waals surface area contributed by atoms with Crippen LogP contribution in [0.1, 0.15) is 29.1 Å². The van der Waals surface area contributed by atoms with E-state index in [0.717, 1.165) is 5.56 Å². The molecule has 1 aliphatic heterocycles. The van der Waals surface area contributed by atoms with Crippen molar-refractivity contribution in [2.45, 2.75) is 19.4 Å². The van der Waals surface area contributed by atoms with Crippen molar-refractivity contribution < 1.29 is 19.7 Å². The molecule has 2 atom stereocenters. The van der Waals surface area contributed by atoms with Gasteiger partial charge in [0.05, 0.1) is 21.4 Å². The van der Waals surface area contributed by atoms with Crippen LogP contribution in [-0.4, -0.2) is 27.6 Å². The average molecular weight is 459 g/mol. The van der Waals surface area contributed by atoms with Gasteiger partial charge in [-0.25, -0.2) is 4.90 Å². The minimum Gasteiger partial charge on any atom is -0.423 e. The number of esters is 1. The number of aliphatic hydroxyl groups excluding tert-OH is 2. The number of para-hydroxylation sites is 1. The number of halogens is 2. The van der Waals surface area contributed by atoms with Gasteiger partial charge in [0.1, 0.15) is 19.0 Å². The van der Waals surface area contributed by atoms with Crippen LogP contribution in [-0.2, 0) is 4.79 Å². The molecule has 2 unspecified atom stereocenters. The summed E-state index contributed by atoms with van der Waals surface area (Å²) >= 11 is 12.5. The first kappa shape index (κ1) is 21.6. The standard InChI is InChI=1S/C23H20Cl2N2O4/c1-13-9-10-19(18(11-13)26-21-16(24)7-4-8-17(21)25)31-20(28)12-27-22(29)14-5-2-3-6-15(14)23(27)30/h2-11,22-23,26,29-30H,12H2,1H3. The summed E-state index contributed by atoms with van der Waals surface area (Å²) in [4.78, 5) is 13.9. The highest BCUT2D eigenvalue weighted by Crippen LogP contribution is 2.39. The molecule has 0 saturated heterocycles. The molecule has 0 saturated carbocycles. The molecule has 0 fully saturated rings. The van der Waals surface area contributed by atoms with E-state index < -0.39 is 18.4 Å². The SMILES string of the molecule is Cc1ccc(OC(=O)CN2C(O)c3ccccc3C2O)c(Nc2c(Cl)cccc2Cl)c1. The second-order valence-corrected chi connectivity index (χ2v) is 8.06. The Morgan fingerprint density at radius 2 is 1.61 bits per heavy atom. The van der Waals surface area contributed by atoms with Gasteiger partial charge in [0, 0.05) is 11.1 Å². The Morgan fingerprint density at radius 3 is 2.23 bits per heavy atom. The van der Waals surface area contributed by atoms with Crippen LogP contribution in [0.15, 0.2) is 60.7 Å². The number of benzene rings is 3. The smallest absolute Gasteiger partial charge is 0.325 e. The highest BCUT2D eigenvalue weighted by Gasteiger charge is 2.37. The van der Waals surface area contributed by atoms with Gasteiger partial charge in [-0.1, -0.05) is 59.6 Å². The number of fused-ring (bicyclic) bond motifs is 1. The minimum atomic E-state index is -1.10. The molecule has 0 bridgehead atoms. The molecule has 4 rings (SSSR count). The van der Waals surface area contributed by atoms with E-state index in [1.165, 1.54) is 4.90 Å². The van der Waals surface area contributed by atoms with Crippen LogP contribution < -0.4 is 10.1 Å². The number of ether oxygens (including phenoxy) is 1. The van der Waals surface area contributed by atoms with Crippen molar-refractivity contribution in [2.24, 2.45) is 0 Å². The van der Waals surface area contributed by atoms with E-state index in [0.29, 0.717) is 32.5 Å². The number of hydrogen-bond acceptors (Lipinski definition) is 6. The molecule has 3 aromatic carbocycles. The molecule has 0 aliphatic carbocycles. The number of hydrogen-bond donors (Lipinski definition) is 3. The number of anilines is 2. The van der Waals surface area contributed by atoms with Crippen molar-refractivity contribution in [3.05, 3.63) is 87.4 Å². The van der Waals surface area contributed by atoms with Gasteiger partial charge in [-0.05, 0) is 36.8 Å². The van der Waals surface area contributed by atoms with E-state index in [4.69, 9.17) is 27.9 Å². The van der Waals surface area contributed by atoms with Crippen LogP contribution in [0.5, 0.6) is 5.75 Å². The molecule has 160 valence electrons. The lowest BCUT2D eigenvalue weighted by atomic mass is 10.1. The molecule has 0 radical (unpaired) electrons. The predicted molar refractivity (Wildman–Crippen MR) is 120 cm³/mol. The molecule has 0 spiro atoms. The Labute approximate surface area is 189 Å². The van der Waals surface area contributed by atoms with Gasteiger partial charge >= 0.3 is 5.97 Å². The highest BCUT2D eigenvalue weighted by atomic mass is 35.5. The summed E-state index contributed by atoms with van der Waals surface area (Å²) in [5.41, 5.74) is 3.07. The van der Waals surface area contributed by atoms with Crippen molar-refractivity contribution in [1.29, 1.82) is 0 Å². The van der Waals surface area contributed by atoms with Crippen LogP contribution in [0.3, 0.4) is 0 Å². The fourth-order valence-electron chi connectivity index (χ4n) is 3.53. The van der Waals surface area contributed by atoms with E-state index in [1.54, 1.807) is 60.7 Å². The Morgan fingerprint density at radius 1 is 1.00 bits per heavy atom. The molecule has 31 heavy (non-hydrogen) atoms. The van der Waals surface area contributed by atoms with Gasteiger partial charge in [-0.2, -0.15) is 0 Å². The number of carbonyl (C=O) groups excluding carboxylic acids is 1. The van der Waals surface area contributed by atoms with Crippen molar-refractivity contribution >= 4 is 40.5 Å². The first-order valence-electron chi connectivity index (χ1n) is 9.58. The average Bonchev–Trinajstić information content (AvgIpc) is 2.98. The fraction of sp³-hybridized carbons (Fsp3) is 0.174. The third-order valence-electron chi connectivity index (χ3n) is 5.07. The molecule has 6 nitrogen and oxygen atoms in total. The van der Waals surface area contributed by atoms with Gasteiger partial charge < -0.3 is 20.3 Å². The number of nitrogens with zero attached hydrogens (tertiary/aromatic N) is 1. The maximum Gasteiger partial charge on any atom is 0.325 e. The Bertz CT molecular complexity index is 1090. The summed E-state index contributed by atoms with van der Waals surface area (Å²) in [6.07, 6.45) is -2.20. The summed E-state index contributed by atoms with van der Waals surface area (Å²) < 4.78 is 5.56. The number of nitrogens with one attached hydrogen (secondary N) is 1.